The average molecular weight is 312 g/mol. The van der Waals surface area contributed by atoms with Crippen molar-refractivity contribution in [2.75, 3.05) is 7.11 Å². The lowest BCUT2D eigenvalue weighted by Gasteiger charge is -2.10. The van der Waals surface area contributed by atoms with Gasteiger partial charge in [0.1, 0.15) is 6.61 Å². The first-order valence-electron chi connectivity index (χ1n) is 5.85. The van der Waals surface area contributed by atoms with Crippen LogP contribution in [0.3, 0.4) is 0 Å². The van der Waals surface area contributed by atoms with Crippen molar-refractivity contribution in [3.8, 4) is 11.6 Å². The predicted molar refractivity (Wildman–Crippen MR) is 72.9 cm³/mol. The fourth-order valence-corrected chi connectivity index (χ4v) is 2.17. The van der Waals surface area contributed by atoms with Crippen LogP contribution in [0.15, 0.2) is 41.4 Å². The Bertz CT molecular complexity index is 750. The maximum Gasteiger partial charge on any atom is 0.238 e. The number of sulfonamides is 1. The normalized spacial score (nSPS) is 11.2. The van der Waals surface area contributed by atoms with Crippen LogP contribution in [-0.4, -0.2) is 20.5 Å². The van der Waals surface area contributed by atoms with E-state index in [0.717, 1.165) is 6.07 Å². The van der Waals surface area contributed by atoms with Gasteiger partial charge in [-0.25, -0.2) is 22.9 Å². The maximum absolute atomic E-state index is 13.8. The van der Waals surface area contributed by atoms with Gasteiger partial charge in [-0.3, -0.25) is 0 Å². The van der Waals surface area contributed by atoms with Crippen LogP contribution < -0.4 is 14.6 Å². The molecule has 1 aromatic carbocycles. The van der Waals surface area contributed by atoms with Gasteiger partial charge in [0.05, 0.1) is 17.6 Å². The van der Waals surface area contributed by atoms with E-state index in [9.17, 15) is 12.8 Å². The average Bonchev–Trinajstić information content (AvgIpc) is 2.45. The molecule has 0 saturated heterocycles. The highest BCUT2D eigenvalue weighted by Gasteiger charge is 2.13. The molecule has 0 aliphatic carbocycles. The topological polar surface area (TPSA) is 91.5 Å². The van der Waals surface area contributed by atoms with E-state index in [-0.39, 0.29) is 17.3 Å². The van der Waals surface area contributed by atoms with Gasteiger partial charge in [-0.2, -0.15) is 0 Å². The van der Waals surface area contributed by atoms with Crippen LogP contribution in [0.25, 0.3) is 0 Å². The number of nitrogens with zero attached hydrogens (tertiary/aromatic N) is 1. The summed E-state index contributed by atoms with van der Waals surface area (Å²) in [5.74, 6) is -0.531. The number of rotatable bonds is 5. The van der Waals surface area contributed by atoms with Crippen LogP contribution in [0, 0.1) is 5.82 Å². The molecule has 0 aliphatic heterocycles. The summed E-state index contributed by atoms with van der Waals surface area (Å²) >= 11 is 0. The van der Waals surface area contributed by atoms with Crippen molar-refractivity contribution in [2.45, 2.75) is 11.5 Å². The molecule has 8 heteroatoms. The zero-order chi connectivity index (χ0) is 15.5. The van der Waals surface area contributed by atoms with Crippen LogP contribution >= 0.6 is 0 Å². The van der Waals surface area contributed by atoms with E-state index < -0.39 is 15.8 Å². The van der Waals surface area contributed by atoms with Gasteiger partial charge in [0.2, 0.25) is 15.9 Å². The monoisotopic (exact) mass is 312 g/mol. The predicted octanol–water partition coefficient (Wildman–Crippen LogP) is 1.46. The van der Waals surface area contributed by atoms with Gasteiger partial charge in [0.15, 0.2) is 11.6 Å². The van der Waals surface area contributed by atoms with Gasteiger partial charge >= 0.3 is 0 Å². The van der Waals surface area contributed by atoms with Gasteiger partial charge in [0, 0.05) is 6.20 Å². The smallest absolute Gasteiger partial charge is 0.238 e. The Morgan fingerprint density at radius 2 is 2.10 bits per heavy atom. The van der Waals surface area contributed by atoms with E-state index in [0.29, 0.717) is 11.4 Å². The lowest BCUT2D eigenvalue weighted by atomic mass is 10.3. The fourth-order valence-electron chi connectivity index (χ4n) is 1.65. The second-order valence-electron chi connectivity index (χ2n) is 4.10. The highest BCUT2D eigenvalue weighted by Crippen LogP contribution is 2.23. The molecule has 2 aromatic rings. The third-order valence-corrected chi connectivity index (χ3v) is 3.57. The van der Waals surface area contributed by atoms with E-state index in [2.05, 4.69) is 4.98 Å². The molecule has 0 amide bonds. The highest BCUT2D eigenvalue weighted by molar-refractivity contribution is 7.89. The third-order valence-electron chi connectivity index (χ3n) is 2.66. The first kappa shape index (κ1) is 15.2. The molecule has 0 aliphatic rings. The third kappa shape index (κ3) is 3.67. The molecular formula is C13H13FN2O4S. The number of nitrogens with two attached hydrogens (primary N) is 1. The van der Waals surface area contributed by atoms with Crippen LogP contribution in [-0.2, 0) is 16.6 Å². The molecule has 1 aromatic heterocycles. The zero-order valence-corrected chi connectivity index (χ0v) is 11.9. The van der Waals surface area contributed by atoms with Crippen molar-refractivity contribution in [1.82, 2.24) is 4.98 Å². The molecule has 0 spiro atoms. The Morgan fingerprint density at radius 1 is 1.33 bits per heavy atom. The Balaban J connectivity index is 2.17. The van der Waals surface area contributed by atoms with Crippen molar-refractivity contribution >= 4 is 10.0 Å². The summed E-state index contributed by atoms with van der Waals surface area (Å²) in [7, 11) is -2.48. The summed E-state index contributed by atoms with van der Waals surface area (Å²) in [5, 5.41) is 4.92. The Labute approximate surface area is 121 Å². The molecule has 112 valence electrons. The van der Waals surface area contributed by atoms with E-state index in [4.69, 9.17) is 14.6 Å². The molecule has 6 nitrogen and oxygen atoms in total. The second kappa shape index (κ2) is 6.06. The lowest BCUT2D eigenvalue weighted by Crippen LogP contribution is -2.12. The summed E-state index contributed by atoms with van der Waals surface area (Å²) in [6.45, 7) is 0.0304. The number of methoxy groups -OCH3 is 1. The minimum atomic E-state index is -3.95. The van der Waals surface area contributed by atoms with Crippen molar-refractivity contribution < 1.29 is 22.3 Å². The molecule has 0 unspecified atom stereocenters. The summed E-state index contributed by atoms with van der Waals surface area (Å²) < 4.78 is 46.3. The number of pyridine rings is 1. The number of hydrogen-bond acceptors (Lipinski definition) is 5. The molecule has 2 N–H and O–H groups in total. The van der Waals surface area contributed by atoms with Gasteiger partial charge in [-0.05, 0) is 30.3 Å². The molecule has 0 bridgehead atoms. The first-order valence-corrected chi connectivity index (χ1v) is 7.39. The van der Waals surface area contributed by atoms with Crippen LogP contribution in [0.2, 0.25) is 0 Å². The quantitative estimate of drug-likeness (QED) is 0.902. The summed E-state index contributed by atoms with van der Waals surface area (Å²) in [5.41, 5.74) is 0.634. The largest absolute Gasteiger partial charge is 0.486 e. The number of benzene rings is 1. The van der Waals surface area contributed by atoms with Crippen LogP contribution in [0.1, 0.15) is 5.56 Å². The van der Waals surface area contributed by atoms with E-state index in [1.807, 2.05) is 0 Å². The Morgan fingerprint density at radius 3 is 2.71 bits per heavy atom. The number of aromatic nitrogens is 1. The molecule has 2 rings (SSSR count). The highest BCUT2D eigenvalue weighted by atomic mass is 32.2. The molecule has 21 heavy (non-hydrogen) atoms. The van der Waals surface area contributed by atoms with Crippen molar-refractivity contribution in [1.29, 1.82) is 0 Å². The lowest BCUT2D eigenvalue weighted by molar-refractivity contribution is 0.280. The number of primary sulfonamides is 1. The molecular weight excluding hydrogens is 299 g/mol. The van der Waals surface area contributed by atoms with Crippen LogP contribution in [0.4, 0.5) is 4.39 Å². The standard InChI is InChI=1S/C13H13FN2O4S/c1-19-13-9(3-2-6-16-13)8-20-12-5-4-10(7-11(12)14)21(15,17)18/h2-7H,8H2,1H3,(H2,15,17,18). The second-order valence-corrected chi connectivity index (χ2v) is 5.66. The molecule has 0 atom stereocenters. The summed E-state index contributed by atoms with van der Waals surface area (Å²) in [6, 6.07) is 6.61. The van der Waals surface area contributed by atoms with Crippen LogP contribution in [0.5, 0.6) is 11.6 Å². The van der Waals surface area contributed by atoms with E-state index >= 15 is 0 Å². The van der Waals surface area contributed by atoms with Gasteiger partial charge < -0.3 is 9.47 Å². The fraction of sp³-hybridized carbons (Fsp3) is 0.154. The van der Waals surface area contributed by atoms with Gasteiger partial charge in [-0.1, -0.05) is 0 Å². The van der Waals surface area contributed by atoms with E-state index in [1.54, 1.807) is 18.3 Å². The minimum Gasteiger partial charge on any atom is -0.486 e. The van der Waals surface area contributed by atoms with Gasteiger partial charge in [-0.15, -0.1) is 0 Å². The van der Waals surface area contributed by atoms with Crippen molar-refractivity contribution in [2.24, 2.45) is 5.14 Å². The summed E-state index contributed by atoms with van der Waals surface area (Å²) in [6.07, 6.45) is 1.56. The SMILES string of the molecule is COc1ncccc1COc1ccc(S(N)(=O)=O)cc1F. The van der Waals surface area contributed by atoms with E-state index in [1.165, 1.54) is 19.2 Å². The van der Waals surface area contributed by atoms with Gasteiger partial charge in [0.25, 0.3) is 0 Å². The molecule has 0 saturated carbocycles. The minimum absolute atomic E-state index is 0.0304. The number of ether oxygens (including phenoxy) is 2. The molecule has 0 radical (unpaired) electrons. The molecule has 1 heterocycles. The van der Waals surface area contributed by atoms with Crippen molar-refractivity contribution in [3.05, 3.63) is 47.9 Å². The number of hydrogen-bond donors (Lipinski definition) is 1. The summed E-state index contributed by atoms with van der Waals surface area (Å²) in [4.78, 5) is 3.67. The Kier molecular flexibility index (Phi) is 4.39. The molecule has 0 fully saturated rings. The Hall–Kier alpha value is -2.19. The zero-order valence-electron chi connectivity index (χ0n) is 11.1. The first-order chi connectivity index (χ1) is 9.91. The maximum atomic E-state index is 13.8. The number of halogens is 1. The van der Waals surface area contributed by atoms with Crippen molar-refractivity contribution in [3.63, 3.8) is 0 Å².